The van der Waals surface area contributed by atoms with Gasteiger partial charge in [-0.15, -0.1) is 0 Å². The minimum absolute atomic E-state index is 0.113. The van der Waals surface area contributed by atoms with Crippen LogP contribution in [0.4, 0.5) is 0 Å². The van der Waals surface area contributed by atoms with Crippen molar-refractivity contribution in [3.05, 3.63) is 34.3 Å². The third-order valence-electron chi connectivity index (χ3n) is 3.75. The lowest BCUT2D eigenvalue weighted by molar-refractivity contribution is -0.149. The largest absolute Gasteiger partial charge is 0.466 e. The molecule has 0 saturated carbocycles. The van der Waals surface area contributed by atoms with E-state index in [1.54, 1.807) is 17.9 Å². The van der Waals surface area contributed by atoms with Crippen molar-refractivity contribution >= 4 is 23.5 Å². The van der Waals surface area contributed by atoms with Gasteiger partial charge in [-0.05, 0) is 38.3 Å². The number of carbonyl (C=O) groups is 2. The van der Waals surface area contributed by atoms with Crippen molar-refractivity contribution in [1.29, 1.82) is 0 Å². The number of rotatable bonds is 3. The van der Waals surface area contributed by atoms with Gasteiger partial charge < -0.3 is 9.64 Å². The highest BCUT2D eigenvalue weighted by molar-refractivity contribution is 6.34. The number of halogens is 1. The average molecular weight is 310 g/mol. The summed E-state index contributed by atoms with van der Waals surface area (Å²) >= 11 is 6.22. The highest BCUT2D eigenvalue weighted by Crippen LogP contribution is 2.25. The molecule has 1 atom stereocenters. The number of hydrogen-bond donors (Lipinski definition) is 0. The van der Waals surface area contributed by atoms with Crippen molar-refractivity contribution in [2.45, 2.75) is 26.7 Å². The van der Waals surface area contributed by atoms with Crippen LogP contribution in [-0.2, 0) is 9.53 Å². The number of carbonyl (C=O) groups excluding carboxylic acids is 2. The Morgan fingerprint density at radius 1 is 1.43 bits per heavy atom. The predicted octanol–water partition coefficient (Wildman–Crippen LogP) is 3.06. The van der Waals surface area contributed by atoms with Crippen molar-refractivity contribution in [2.24, 2.45) is 5.92 Å². The summed E-state index contributed by atoms with van der Waals surface area (Å²) in [5.41, 5.74) is 1.38. The maximum atomic E-state index is 12.6. The van der Waals surface area contributed by atoms with Crippen LogP contribution >= 0.6 is 11.6 Å². The van der Waals surface area contributed by atoms with Crippen LogP contribution in [0.2, 0.25) is 5.02 Å². The van der Waals surface area contributed by atoms with Gasteiger partial charge in [0.15, 0.2) is 0 Å². The first-order valence-electron chi connectivity index (χ1n) is 7.25. The molecule has 4 nitrogen and oxygen atoms in total. The maximum Gasteiger partial charge on any atom is 0.310 e. The fourth-order valence-electron chi connectivity index (χ4n) is 2.60. The SMILES string of the molecule is CCOC(=O)C1CCCN(C(=O)c2cccc(C)c2Cl)C1. The molecular formula is C16H20ClNO3. The maximum absolute atomic E-state index is 12.6. The molecule has 1 aromatic rings. The van der Waals surface area contributed by atoms with Crippen LogP contribution in [0, 0.1) is 12.8 Å². The Morgan fingerprint density at radius 2 is 2.19 bits per heavy atom. The zero-order valence-electron chi connectivity index (χ0n) is 12.4. The topological polar surface area (TPSA) is 46.6 Å². The van der Waals surface area contributed by atoms with Gasteiger partial charge in [-0.2, -0.15) is 0 Å². The van der Waals surface area contributed by atoms with E-state index in [0.29, 0.717) is 30.3 Å². The molecule has 0 aliphatic carbocycles. The van der Waals surface area contributed by atoms with Crippen molar-refractivity contribution in [2.75, 3.05) is 19.7 Å². The Kier molecular flexibility index (Phi) is 5.23. The van der Waals surface area contributed by atoms with Crippen molar-refractivity contribution in [3.8, 4) is 0 Å². The number of ether oxygens (including phenoxy) is 1. The molecule has 2 rings (SSSR count). The van der Waals surface area contributed by atoms with Crippen LogP contribution in [0.15, 0.2) is 18.2 Å². The normalized spacial score (nSPS) is 18.4. The van der Waals surface area contributed by atoms with Crippen molar-refractivity contribution in [1.82, 2.24) is 4.90 Å². The first kappa shape index (κ1) is 15.8. The lowest BCUT2D eigenvalue weighted by Gasteiger charge is -2.31. The number of nitrogens with zero attached hydrogens (tertiary/aromatic N) is 1. The fraction of sp³-hybridized carbons (Fsp3) is 0.500. The number of aryl methyl sites for hydroxylation is 1. The van der Waals surface area contributed by atoms with Crippen LogP contribution < -0.4 is 0 Å². The quantitative estimate of drug-likeness (QED) is 0.806. The number of amides is 1. The molecule has 0 aromatic heterocycles. The molecule has 1 fully saturated rings. The summed E-state index contributed by atoms with van der Waals surface area (Å²) in [6, 6.07) is 5.42. The summed E-state index contributed by atoms with van der Waals surface area (Å²) in [6.45, 7) is 5.08. The van der Waals surface area contributed by atoms with E-state index in [4.69, 9.17) is 16.3 Å². The summed E-state index contributed by atoms with van der Waals surface area (Å²) in [5.74, 6) is -0.561. The van der Waals surface area contributed by atoms with Crippen molar-refractivity contribution < 1.29 is 14.3 Å². The van der Waals surface area contributed by atoms with Crippen LogP contribution in [0.25, 0.3) is 0 Å². The molecule has 0 spiro atoms. The molecule has 0 N–H and O–H groups in total. The second-order valence-electron chi connectivity index (χ2n) is 5.28. The van der Waals surface area contributed by atoms with Gasteiger partial charge in [0.2, 0.25) is 0 Å². The molecular weight excluding hydrogens is 290 g/mol. The average Bonchev–Trinajstić information content (AvgIpc) is 2.50. The Hall–Kier alpha value is -1.55. The monoisotopic (exact) mass is 309 g/mol. The molecule has 0 bridgehead atoms. The van der Waals surface area contributed by atoms with E-state index in [9.17, 15) is 9.59 Å². The molecule has 1 aliphatic rings. The van der Waals surface area contributed by atoms with E-state index in [1.807, 2.05) is 19.1 Å². The molecule has 1 saturated heterocycles. The highest BCUT2D eigenvalue weighted by atomic mass is 35.5. The van der Waals surface area contributed by atoms with Gasteiger partial charge in [-0.3, -0.25) is 9.59 Å². The third-order valence-corrected chi connectivity index (χ3v) is 4.25. The molecule has 1 aromatic carbocycles. The number of hydrogen-bond acceptors (Lipinski definition) is 3. The van der Waals surface area contributed by atoms with Gasteiger partial charge in [0.25, 0.3) is 5.91 Å². The zero-order chi connectivity index (χ0) is 15.4. The standard InChI is InChI=1S/C16H20ClNO3/c1-3-21-16(20)12-7-5-9-18(10-12)15(19)13-8-4-6-11(2)14(13)17/h4,6,8,12H,3,5,7,9-10H2,1-2H3. The Morgan fingerprint density at radius 3 is 2.90 bits per heavy atom. The summed E-state index contributed by atoms with van der Waals surface area (Å²) in [7, 11) is 0. The minimum atomic E-state index is -0.230. The van der Waals surface area contributed by atoms with Gasteiger partial charge in [0.05, 0.1) is 23.1 Å². The summed E-state index contributed by atoms with van der Waals surface area (Å²) in [6.07, 6.45) is 1.57. The van der Waals surface area contributed by atoms with E-state index in [0.717, 1.165) is 18.4 Å². The van der Waals surface area contributed by atoms with Gasteiger partial charge in [-0.25, -0.2) is 0 Å². The second-order valence-corrected chi connectivity index (χ2v) is 5.66. The van der Waals surface area contributed by atoms with Gasteiger partial charge >= 0.3 is 5.97 Å². The first-order chi connectivity index (χ1) is 10.0. The first-order valence-corrected chi connectivity index (χ1v) is 7.63. The number of piperidine rings is 1. The smallest absolute Gasteiger partial charge is 0.310 e. The lowest BCUT2D eigenvalue weighted by atomic mass is 9.97. The van der Waals surface area contributed by atoms with Gasteiger partial charge in [0.1, 0.15) is 0 Å². The molecule has 1 unspecified atom stereocenters. The Labute approximate surface area is 130 Å². The van der Waals surface area contributed by atoms with E-state index in [2.05, 4.69) is 0 Å². The highest BCUT2D eigenvalue weighted by Gasteiger charge is 2.30. The molecule has 0 radical (unpaired) electrons. The zero-order valence-corrected chi connectivity index (χ0v) is 13.2. The molecule has 114 valence electrons. The fourth-order valence-corrected chi connectivity index (χ4v) is 2.80. The van der Waals surface area contributed by atoms with Crippen LogP contribution in [0.3, 0.4) is 0 Å². The summed E-state index contributed by atoms with van der Waals surface area (Å²) in [4.78, 5) is 26.1. The number of likely N-dealkylation sites (tertiary alicyclic amines) is 1. The van der Waals surface area contributed by atoms with Gasteiger partial charge in [0, 0.05) is 13.1 Å². The van der Waals surface area contributed by atoms with E-state index >= 15 is 0 Å². The predicted molar refractivity (Wildman–Crippen MR) is 81.4 cm³/mol. The van der Waals surface area contributed by atoms with Crippen molar-refractivity contribution in [3.63, 3.8) is 0 Å². The molecule has 5 heteroatoms. The number of benzene rings is 1. The Bertz CT molecular complexity index is 544. The van der Waals surface area contributed by atoms with E-state index in [1.165, 1.54) is 0 Å². The van der Waals surface area contributed by atoms with E-state index < -0.39 is 0 Å². The third kappa shape index (κ3) is 3.56. The van der Waals surface area contributed by atoms with Crippen LogP contribution in [-0.4, -0.2) is 36.5 Å². The van der Waals surface area contributed by atoms with Crippen LogP contribution in [0.1, 0.15) is 35.7 Å². The molecule has 1 aliphatic heterocycles. The number of esters is 1. The lowest BCUT2D eigenvalue weighted by Crippen LogP contribution is -2.42. The summed E-state index contributed by atoms with van der Waals surface area (Å²) in [5, 5.41) is 0.487. The molecule has 1 heterocycles. The molecule has 1 amide bonds. The van der Waals surface area contributed by atoms with E-state index in [-0.39, 0.29) is 17.8 Å². The summed E-state index contributed by atoms with van der Waals surface area (Å²) < 4.78 is 5.06. The molecule has 21 heavy (non-hydrogen) atoms. The minimum Gasteiger partial charge on any atom is -0.466 e. The Balaban J connectivity index is 2.12. The second kappa shape index (κ2) is 6.94. The van der Waals surface area contributed by atoms with Gasteiger partial charge in [-0.1, -0.05) is 23.7 Å². The van der Waals surface area contributed by atoms with Crippen LogP contribution in [0.5, 0.6) is 0 Å².